The lowest BCUT2D eigenvalue weighted by atomic mass is 9.94. The minimum Gasteiger partial charge on any atom is -0.494 e. The molecule has 0 spiro atoms. The van der Waals surface area contributed by atoms with Crippen LogP contribution in [0.1, 0.15) is 86.6 Å². The fourth-order valence-corrected chi connectivity index (χ4v) is 4.44. The van der Waals surface area contributed by atoms with Gasteiger partial charge < -0.3 is 15.9 Å². The van der Waals surface area contributed by atoms with E-state index in [1.807, 2.05) is 0 Å². The Balaban J connectivity index is 2.23. The van der Waals surface area contributed by atoms with Crippen molar-refractivity contribution in [3.05, 3.63) is 26.4 Å². The van der Waals surface area contributed by atoms with Crippen LogP contribution in [0.3, 0.4) is 0 Å². The van der Waals surface area contributed by atoms with Gasteiger partial charge in [0.05, 0.1) is 0 Å². The van der Waals surface area contributed by atoms with Crippen molar-refractivity contribution in [1.29, 1.82) is 0 Å². The van der Waals surface area contributed by atoms with Crippen LogP contribution in [-0.2, 0) is 4.79 Å². The number of aliphatic carboxylic acids is 1. The van der Waals surface area contributed by atoms with Gasteiger partial charge in [0, 0.05) is 12.1 Å². The number of carboxylic acids is 1. The number of carboxylic acid groups (broad SMARTS) is 1. The van der Waals surface area contributed by atoms with Gasteiger partial charge in [-0.2, -0.15) is 0 Å². The normalized spacial score (nSPS) is 20.0. The van der Waals surface area contributed by atoms with Crippen LogP contribution in [0.4, 0.5) is 0 Å². The number of aromatic nitrogens is 2. The third-order valence-corrected chi connectivity index (χ3v) is 5.97. The zero-order chi connectivity index (χ0) is 20.4. The third kappa shape index (κ3) is 3.63. The smallest absolute Gasteiger partial charge is 0.334 e. The highest BCUT2D eigenvalue weighted by molar-refractivity contribution is 6.12. The molecule has 1 unspecified atom stereocenters. The summed E-state index contributed by atoms with van der Waals surface area (Å²) >= 11 is 0. The SMILES string of the molecule is NC(C(=O)O)C(=O)c1c(O)n(C2CCCCC2)c(=O)n(C2CCCCC2)c1=O. The summed E-state index contributed by atoms with van der Waals surface area (Å²) in [6.07, 6.45) is 8.04. The largest absolute Gasteiger partial charge is 0.494 e. The molecule has 2 aliphatic rings. The Morgan fingerprint density at radius 2 is 1.36 bits per heavy atom. The summed E-state index contributed by atoms with van der Waals surface area (Å²) in [5.41, 5.74) is 3.18. The van der Waals surface area contributed by atoms with Crippen molar-refractivity contribution in [2.75, 3.05) is 0 Å². The van der Waals surface area contributed by atoms with Crippen molar-refractivity contribution in [2.45, 2.75) is 82.3 Å². The highest BCUT2D eigenvalue weighted by atomic mass is 16.4. The molecule has 2 aliphatic carbocycles. The van der Waals surface area contributed by atoms with Gasteiger partial charge in [-0.1, -0.05) is 38.5 Å². The van der Waals surface area contributed by atoms with Crippen LogP contribution < -0.4 is 17.0 Å². The fraction of sp³-hybridized carbons (Fsp3) is 0.684. The molecule has 3 rings (SSSR count). The van der Waals surface area contributed by atoms with E-state index in [4.69, 9.17) is 10.8 Å². The molecule has 0 amide bonds. The van der Waals surface area contributed by atoms with Crippen molar-refractivity contribution in [3.8, 4) is 5.88 Å². The predicted molar refractivity (Wildman–Crippen MR) is 101 cm³/mol. The molecule has 0 radical (unpaired) electrons. The summed E-state index contributed by atoms with van der Waals surface area (Å²) in [5, 5.41) is 19.8. The molecular weight excluding hydrogens is 366 g/mol. The Kier molecular flexibility index (Phi) is 6.02. The molecule has 1 atom stereocenters. The predicted octanol–water partition coefficient (Wildman–Crippen LogP) is 1.32. The molecule has 154 valence electrons. The first-order valence-corrected chi connectivity index (χ1v) is 9.97. The number of carbonyl (C=O) groups is 2. The first-order chi connectivity index (χ1) is 13.3. The van der Waals surface area contributed by atoms with E-state index in [-0.39, 0.29) is 12.1 Å². The van der Waals surface area contributed by atoms with Crippen LogP contribution in [0.25, 0.3) is 0 Å². The van der Waals surface area contributed by atoms with E-state index >= 15 is 0 Å². The highest BCUT2D eigenvalue weighted by Gasteiger charge is 2.35. The summed E-state index contributed by atoms with van der Waals surface area (Å²) in [5.74, 6) is -3.52. The molecule has 9 heteroatoms. The number of nitrogens with two attached hydrogens (primary N) is 1. The minimum atomic E-state index is -1.98. The number of carbonyl (C=O) groups excluding carboxylic acids is 1. The molecule has 2 fully saturated rings. The zero-order valence-electron chi connectivity index (χ0n) is 15.8. The lowest BCUT2D eigenvalue weighted by molar-refractivity contribution is -0.137. The summed E-state index contributed by atoms with van der Waals surface area (Å²) in [6, 6.07) is -2.67. The van der Waals surface area contributed by atoms with E-state index in [0.717, 1.165) is 47.7 Å². The second kappa shape index (κ2) is 8.30. The Morgan fingerprint density at radius 3 is 1.82 bits per heavy atom. The number of nitrogens with zero attached hydrogens (tertiary/aromatic N) is 2. The molecule has 1 heterocycles. The van der Waals surface area contributed by atoms with Gasteiger partial charge in [-0.05, 0) is 25.7 Å². The highest BCUT2D eigenvalue weighted by Crippen LogP contribution is 2.32. The van der Waals surface area contributed by atoms with Gasteiger partial charge in [0.15, 0.2) is 6.04 Å². The van der Waals surface area contributed by atoms with E-state index < -0.39 is 40.5 Å². The molecule has 1 aromatic heterocycles. The molecule has 0 aliphatic heterocycles. The Hall–Kier alpha value is -2.42. The van der Waals surface area contributed by atoms with Crippen molar-refractivity contribution >= 4 is 11.8 Å². The van der Waals surface area contributed by atoms with Gasteiger partial charge >= 0.3 is 11.7 Å². The molecule has 4 N–H and O–H groups in total. The van der Waals surface area contributed by atoms with Crippen molar-refractivity contribution < 1.29 is 19.8 Å². The Morgan fingerprint density at radius 1 is 0.893 bits per heavy atom. The van der Waals surface area contributed by atoms with E-state index in [9.17, 15) is 24.3 Å². The van der Waals surface area contributed by atoms with Crippen molar-refractivity contribution in [2.24, 2.45) is 5.73 Å². The lowest BCUT2D eigenvalue weighted by Crippen LogP contribution is -2.49. The molecule has 28 heavy (non-hydrogen) atoms. The molecule has 0 saturated heterocycles. The minimum absolute atomic E-state index is 0.329. The quantitative estimate of drug-likeness (QED) is 0.505. The maximum atomic E-state index is 13.2. The van der Waals surface area contributed by atoms with Gasteiger partial charge in [0.1, 0.15) is 5.56 Å². The van der Waals surface area contributed by atoms with Crippen LogP contribution in [0.5, 0.6) is 5.88 Å². The average Bonchev–Trinajstić information content (AvgIpc) is 2.68. The maximum absolute atomic E-state index is 13.2. The van der Waals surface area contributed by atoms with E-state index in [1.165, 1.54) is 0 Å². The zero-order valence-corrected chi connectivity index (χ0v) is 15.8. The summed E-state index contributed by atoms with van der Waals surface area (Å²) in [4.78, 5) is 50.0. The second-order valence-electron chi connectivity index (χ2n) is 7.79. The first-order valence-electron chi connectivity index (χ1n) is 9.97. The molecule has 0 aromatic carbocycles. The van der Waals surface area contributed by atoms with Crippen LogP contribution in [0.15, 0.2) is 9.59 Å². The van der Waals surface area contributed by atoms with E-state index in [0.29, 0.717) is 25.7 Å². The Bertz CT molecular complexity index is 875. The number of ketones is 1. The number of hydrogen-bond acceptors (Lipinski definition) is 6. The second-order valence-corrected chi connectivity index (χ2v) is 7.79. The standard InChI is InChI=1S/C19H27N3O6/c20-14(18(26)27)15(23)13-16(24)21(11-7-3-1-4-8-11)19(28)22(17(13)25)12-9-5-2-6-10-12/h11-12,14,24H,1-10,20H2,(H,26,27). The first kappa shape index (κ1) is 20.3. The molecule has 1 aromatic rings. The number of aromatic hydroxyl groups is 1. The van der Waals surface area contributed by atoms with Gasteiger partial charge in [-0.15, -0.1) is 0 Å². The monoisotopic (exact) mass is 393 g/mol. The van der Waals surface area contributed by atoms with Gasteiger partial charge in [-0.25, -0.2) is 4.79 Å². The summed E-state index contributed by atoms with van der Waals surface area (Å²) in [7, 11) is 0. The van der Waals surface area contributed by atoms with E-state index in [2.05, 4.69) is 0 Å². The van der Waals surface area contributed by atoms with Crippen LogP contribution in [0.2, 0.25) is 0 Å². The maximum Gasteiger partial charge on any atom is 0.334 e. The van der Waals surface area contributed by atoms with Crippen LogP contribution in [0, 0.1) is 0 Å². The van der Waals surface area contributed by atoms with E-state index in [1.54, 1.807) is 0 Å². The van der Waals surface area contributed by atoms with Gasteiger partial charge in [-0.3, -0.25) is 23.5 Å². The van der Waals surface area contributed by atoms with Crippen molar-refractivity contribution in [3.63, 3.8) is 0 Å². The summed E-state index contributed by atoms with van der Waals surface area (Å²) in [6.45, 7) is 0. The molecule has 2 saturated carbocycles. The number of Topliss-reactive ketones (excluding diaryl/α,β-unsaturated/α-hetero) is 1. The average molecular weight is 393 g/mol. The third-order valence-electron chi connectivity index (χ3n) is 5.97. The molecule has 9 nitrogen and oxygen atoms in total. The summed E-state index contributed by atoms with van der Waals surface area (Å²) < 4.78 is 2.17. The molecular formula is C19H27N3O6. The van der Waals surface area contributed by atoms with Gasteiger partial charge in [0.25, 0.3) is 5.56 Å². The van der Waals surface area contributed by atoms with Gasteiger partial charge in [0.2, 0.25) is 11.7 Å². The Labute approximate surface area is 161 Å². The fourth-order valence-electron chi connectivity index (χ4n) is 4.44. The number of hydrogen-bond donors (Lipinski definition) is 3. The topological polar surface area (TPSA) is 145 Å². The van der Waals surface area contributed by atoms with Crippen molar-refractivity contribution in [1.82, 2.24) is 9.13 Å². The number of rotatable bonds is 5. The lowest BCUT2D eigenvalue weighted by Gasteiger charge is -2.29. The van der Waals surface area contributed by atoms with Crippen LogP contribution >= 0.6 is 0 Å². The van der Waals surface area contributed by atoms with Crippen LogP contribution in [-0.4, -0.2) is 37.1 Å². The molecule has 0 bridgehead atoms.